The highest BCUT2D eigenvalue weighted by atomic mass is 16.7. The van der Waals surface area contributed by atoms with E-state index in [1.165, 1.54) is 276 Å². The molecule has 0 aromatic carbocycles. The lowest BCUT2D eigenvalue weighted by atomic mass is 9.97. The lowest BCUT2D eigenvalue weighted by molar-refractivity contribution is -0.359. The molecule has 0 aromatic heterocycles. The molecule has 12 unspecified atom stereocenters. The molecule has 0 aliphatic carbocycles. The van der Waals surface area contributed by atoms with Crippen LogP contribution >= 0.6 is 0 Å². The van der Waals surface area contributed by atoms with Crippen LogP contribution in [0.4, 0.5) is 0 Å². The highest BCUT2D eigenvalue weighted by Gasteiger charge is 2.51. The Morgan fingerprint density at radius 2 is 0.703 bits per heavy atom. The summed E-state index contributed by atoms with van der Waals surface area (Å²) in [7, 11) is 0. The molecule has 0 radical (unpaired) electrons. The molecule has 14 heteroatoms. The summed E-state index contributed by atoms with van der Waals surface area (Å²) in [5.41, 5.74) is 0. The third-order valence-electron chi connectivity index (χ3n) is 19.1. The second-order valence-corrected chi connectivity index (χ2v) is 27.5. The summed E-state index contributed by atoms with van der Waals surface area (Å²) in [5.74, 6) is -0.247. The minimum Gasteiger partial charge on any atom is -0.394 e. The van der Waals surface area contributed by atoms with Crippen LogP contribution in [0.25, 0.3) is 0 Å². The number of hydrogen-bond donors (Lipinski definition) is 9. The minimum atomic E-state index is -1.79. The fourth-order valence-electron chi connectivity index (χ4n) is 12.9. The second kappa shape index (κ2) is 61.8. The van der Waals surface area contributed by atoms with Crippen LogP contribution in [0, 0.1) is 0 Å². The number of aliphatic hydroxyl groups excluding tert-OH is 8. The van der Waals surface area contributed by atoms with Gasteiger partial charge in [0.25, 0.3) is 0 Å². The number of unbranched alkanes of at least 4 members (excludes halogenated alkanes) is 48. The monoisotopic (exact) mass is 1290 g/mol. The van der Waals surface area contributed by atoms with E-state index in [9.17, 15) is 45.6 Å². The van der Waals surface area contributed by atoms with Gasteiger partial charge >= 0.3 is 0 Å². The van der Waals surface area contributed by atoms with Crippen LogP contribution < -0.4 is 5.32 Å². The maximum atomic E-state index is 13.3. The molecule has 2 rings (SSSR count). The van der Waals surface area contributed by atoms with Crippen LogP contribution in [0.2, 0.25) is 0 Å². The Bertz CT molecular complexity index is 1670. The minimum absolute atomic E-state index is 0.247. The highest BCUT2D eigenvalue weighted by Crippen LogP contribution is 2.30. The number of carbonyl (C=O) groups is 1. The summed E-state index contributed by atoms with van der Waals surface area (Å²) in [5, 5.41) is 87.4. The van der Waals surface area contributed by atoms with Crippen LogP contribution in [0.5, 0.6) is 0 Å². The van der Waals surface area contributed by atoms with Gasteiger partial charge in [-0.3, -0.25) is 4.79 Å². The van der Waals surface area contributed by atoms with E-state index in [-0.39, 0.29) is 18.9 Å². The third kappa shape index (κ3) is 45.4. The van der Waals surface area contributed by atoms with Crippen LogP contribution in [0.3, 0.4) is 0 Å². The fraction of sp³-hybridized carbons (Fsp3) is 0.909. The Morgan fingerprint density at radius 3 is 1.08 bits per heavy atom. The summed E-state index contributed by atoms with van der Waals surface area (Å²) in [6.45, 7) is 2.81. The van der Waals surface area contributed by atoms with E-state index in [0.717, 1.165) is 44.9 Å². The molecule has 0 aromatic rings. The van der Waals surface area contributed by atoms with Crippen LogP contribution in [-0.4, -0.2) is 140 Å². The zero-order valence-corrected chi connectivity index (χ0v) is 58.6. The van der Waals surface area contributed by atoms with Crippen molar-refractivity contribution >= 4 is 5.91 Å². The molecule has 536 valence electrons. The van der Waals surface area contributed by atoms with Crippen molar-refractivity contribution in [2.45, 2.75) is 428 Å². The predicted molar refractivity (Wildman–Crippen MR) is 374 cm³/mol. The van der Waals surface area contributed by atoms with Gasteiger partial charge in [-0.15, -0.1) is 0 Å². The number of rotatable bonds is 65. The zero-order valence-electron chi connectivity index (χ0n) is 58.6. The molecule has 12 atom stereocenters. The Balaban J connectivity index is 1.55. The molecule has 1 amide bonds. The number of allylic oxidation sites excluding steroid dienone is 5. The Hall–Kier alpha value is -1.79. The van der Waals surface area contributed by atoms with Gasteiger partial charge in [0.2, 0.25) is 5.91 Å². The topological polar surface area (TPSA) is 228 Å². The standard InChI is InChI=1S/C77H145NO13/c1-3-5-7-9-11-13-15-17-19-21-22-23-24-25-26-27-28-29-30-31-32-33-34-35-36-37-38-39-40-41-42-43-45-47-49-51-53-55-57-59-61-69(82)78-65(66(81)60-58-56-54-52-50-48-46-44-20-18-16-14-12-10-8-6-4-2)64-88-76-74(87)72(85)75(68(63-80)90-76)91-77-73(86)71(84)70(83)67(62-79)89-77/h20,44,50,52,58,60,65-68,70-77,79-81,83-87H,3-19,21-43,45-49,51,53-57,59,61-64H2,1-2H3,(H,78,82)/b44-20+,52-50+,60-58+. The average Bonchev–Trinajstić information content (AvgIpc) is 1.08. The summed E-state index contributed by atoms with van der Waals surface area (Å²) in [6.07, 6.45) is 64.0. The molecular formula is C77H145NO13. The lowest BCUT2D eigenvalue weighted by Gasteiger charge is -2.46. The second-order valence-electron chi connectivity index (χ2n) is 27.5. The summed E-state index contributed by atoms with van der Waals surface area (Å²) in [6, 6.07) is -0.937. The van der Waals surface area contributed by atoms with Gasteiger partial charge in [-0.25, -0.2) is 0 Å². The Kier molecular flexibility index (Phi) is 57.9. The average molecular weight is 1290 g/mol. The van der Waals surface area contributed by atoms with E-state index in [2.05, 4.69) is 43.5 Å². The molecule has 2 saturated heterocycles. The van der Waals surface area contributed by atoms with Crippen molar-refractivity contribution in [2.24, 2.45) is 0 Å². The van der Waals surface area contributed by atoms with E-state index in [4.69, 9.17) is 18.9 Å². The van der Waals surface area contributed by atoms with Crippen molar-refractivity contribution < 1.29 is 64.6 Å². The maximum absolute atomic E-state index is 13.3. The van der Waals surface area contributed by atoms with Crippen molar-refractivity contribution in [2.75, 3.05) is 19.8 Å². The third-order valence-corrected chi connectivity index (χ3v) is 19.1. The lowest BCUT2D eigenvalue weighted by Crippen LogP contribution is -2.65. The van der Waals surface area contributed by atoms with Crippen LogP contribution in [0.15, 0.2) is 36.5 Å². The number of carbonyl (C=O) groups excluding carboxylic acids is 1. The van der Waals surface area contributed by atoms with Gasteiger partial charge in [-0.2, -0.15) is 0 Å². The highest BCUT2D eigenvalue weighted by molar-refractivity contribution is 5.76. The SMILES string of the molecule is CCCCCCCCC/C=C/CC/C=C/CC/C=C/C(O)C(COC1OC(CO)C(OC2OC(CO)C(O)C(O)C2O)C(O)C1O)NC(=O)CCCCCCCCCCCCCCCCCCCCCCCCCCCCCCCCCCCCCCCCCC. The van der Waals surface area contributed by atoms with E-state index in [1.54, 1.807) is 6.08 Å². The number of amides is 1. The first-order chi connectivity index (χ1) is 44.6. The van der Waals surface area contributed by atoms with Crippen molar-refractivity contribution in [3.63, 3.8) is 0 Å². The van der Waals surface area contributed by atoms with Gasteiger partial charge in [-0.05, 0) is 44.9 Å². The number of ether oxygens (including phenoxy) is 4. The largest absolute Gasteiger partial charge is 0.394 e. The molecule has 2 aliphatic heterocycles. The van der Waals surface area contributed by atoms with Crippen LogP contribution in [0.1, 0.15) is 354 Å². The first-order valence-corrected chi connectivity index (χ1v) is 38.7. The number of hydrogen-bond acceptors (Lipinski definition) is 13. The van der Waals surface area contributed by atoms with Crippen molar-refractivity contribution in [1.82, 2.24) is 5.32 Å². The summed E-state index contributed by atoms with van der Waals surface area (Å²) < 4.78 is 22.8. The Morgan fingerprint density at radius 1 is 0.385 bits per heavy atom. The van der Waals surface area contributed by atoms with Gasteiger partial charge < -0.3 is 65.1 Å². The van der Waals surface area contributed by atoms with Crippen molar-refractivity contribution in [3.8, 4) is 0 Å². The molecule has 9 N–H and O–H groups in total. The molecule has 14 nitrogen and oxygen atoms in total. The molecule has 2 fully saturated rings. The molecule has 2 heterocycles. The normalized spacial score (nSPS) is 22.9. The first kappa shape index (κ1) is 85.3. The maximum Gasteiger partial charge on any atom is 0.220 e. The van der Waals surface area contributed by atoms with Crippen LogP contribution in [-0.2, 0) is 23.7 Å². The quantitative estimate of drug-likeness (QED) is 0.0204. The van der Waals surface area contributed by atoms with Crippen molar-refractivity contribution in [3.05, 3.63) is 36.5 Å². The fourth-order valence-corrected chi connectivity index (χ4v) is 12.9. The number of aliphatic hydroxyl groups is 8. The summed E-state index contributed by atoms with van der Waals surface area (Å²) in [4.78, 5) is 13.3. The van der Waals surface area contributed by atoms with E-state index >= 15 is 0 Å². The predicted octanol–water partition coefficient (Wildman–Crippen LogP) is 16.9. The zero-order chi connectivity index (χ0) is 65.9. The molecule has 2 aliphatic rings. The molecule has 91 heavy (non-hydrogen) atoms. The van der Waals surface area contributed by atoms with Crippen molar-refractivity contribution in [1.29, 1.82) is 0 Å². The first-order valence-electron chi connectivity index (χ1n) is 38.7. The van der Waals surface area contributed by atoms with E-state index in [1.807, 2.05) is 6.08 Å². The summed E-state index contributed by atoms with van der Waals surface area (Å²) >= 11 is 0. The molecular weight excluding hydrogens is 1150 g/mol. The van der Waals surface area contributed by atoms with Gasteiger partial charge in [0.15, 0.2) is 12.6 Å². The molecule has 0 bridgehead atoms. The number of nitrogens with one attached hydrogen (secondary N) is 1. The molecule has 0 spiro atoms. The van der Waals surface area contributed by atoms with E-state index < -0.39 is 86.8 Å². The molecule has 0 saturated carbocycles. The van der Waals surface area contributed by atoms with Gasteiger partial charge in [-0.1, -0.05) is 339 Å². The van der Waals surface area contributed by atoms with E-state index in [0.29, 0.717) is 12.8 Å². The van der Waals surface area contributed by atoms with Gasteiger partial charge in [0.1, 0.15) is 48.8 Å². The van der Waals surface area contributed by atoms with Gasteiger partial charge in [0.05, 0.1) is 32.0 Å². The van der Waals surface area contributed by atoms with Gasteiger partial charge in [0, 0.05) is 6.42 Å². The Labute approximate surface area is 557 Å². The smallest absolute Gasteiger partial charge is 0.220 e.